The summed E-state index contributed by atoms with van der Waals surface area (Å²) < 4.78 is 11.5. The van der Waals surface area contributed by atoms with E-state index in [9.17, 15) is 9.59 Å². The van der Waals surface area contributed by atoms with Crippen molar-refractivity contribution in [2.75, 3.05) is 14.2 Å². The van der Waals surface area contributed by atoms with Gasteiger partial charge in [-0.2, -0.15) is 0 Å². The van der Waals surface area contributed by atoms with Gasteiger partial charge in [0.25, 0.3) is 5.56 Å². The Morgan fingerprint density at radius 3 is 2.21 bits per heavy atom. The molecule has 128 valence electrons. The van der Waals surface area contributed by atoms with Crippen LogP contribution in [0.15, 0.2) is 23.0 Å². The first-order valence-corrected chi connectivity index (χ1v) is 8.24. The lowest BCUT2D eigenvalue weighted by Crippen LogP contribution is -2.22. The van der Waals surface area contributed by atoms with Gasteiger partial charge < -0.3 is 14.5 Å². The highest BCUT2D eigenvalue weighted by Crippen LogP contribution is 2.22. The Morgan fingerprint density at radius 1 is 1.12 bits per heavy atom. The van der Waals surface area contributed by atoms with Crippen molar-refractivity contribution < 1.29 is 14.3 Å². The lowest BCUT2D eigenvalue weighted by molar-refractivity contribution is -0.119. The third-order valence-corrected chi connectivity index (χ3v) is 4.32. The van der Waals surface area contributed by atoms with Crippen LogP contribution in [0.3, 0.4) is 0 Å². The predicted molar refractivity (Wildman–Crippen MR) is 96.2 cm³/mol. The second-order valence-electron chi connectivity index (χ2n) is 6.33. The molecule has 1 heterocycles. The zero-order valence-electron chi connectivity index (χ0n) is 14.4. The van der Waals surface area contributed by atoms with Crippen molar-refractivity contribution in [3.63, 3.8) is 0 Å². The molecule has 0 fully saturated rings. The monoisotopic (exact) mass is 347 g/mol. The molecule has 0 saturated carbocycles. The summed E-state index contributed by atoms with van der Waals surface area (Å²) in [5.41, 5.74) is 0.0762. The van der Waals surface area contributed by atoms with Crippen molar-refractivity contribution in [2.45, 2.75) is 20.8 Å². The van der Waals surface area contributed by atoms with Crippen LogP contribution in [0.4, 0.5) is 0 Å². The van der Waals surface area contributed by atoms with Gasteiger partial charge in [0.2, 0.25) is 0 Å². The molecule has 0 unspecified atom stereocenters. The van der Waals surface area contributed by atoms with E-state index < -0.39 is 5.41 Å². The number of H-pyrrole nitrogens is 1. The standard InChI is InChI=1S/C18H21NO4S/c1-18(2,3)15(20)10-16-19-17(21)14(24-16)8-11-6-12(22-4)9-13(7-11)23-5/h6-10H,1-5H3,(H,19,21)/b14-8-,16-10+. The third kappa shape index (κ3) is 4.35. The van der Waals surface area contributed by atoms with Crippen molar-refractivity contribution in [1.82, 2.24) is 4.98 Å². The van der Waals surface area contributed by atoms with Gasteiger partial charge in [0, 0.05) is 17.6 Å². The summed E-state index contributed by atoms with van der Waals surface area (Å²) in [7, 11) is 3.14. The molecule has 24 heavy (non-hydrogen) atoms. The maximum absolute atomic E-state index is 12.1. The van der Waals surface area contributed by atoms with Gasteiger partial charge >= 0.3 is 0 Å². The Bertz CT molecular complexity index is 893. The summed E-state index contributed by atoms with van der Waals surface area (Å²) >= 11 is 1.24. The predicted octanol–water partition coefficient (Wildman–Crippen LogP) is 1.68. The van der Waals surface area contributed by atoms with Crippen LogP contribution >= 0.6 is 11.3 Å². The second kappa shape index (κ2) is 7.05. The van der Waals surface area contributed by atoms with Gasteiger partial charge in [-0.25, -0.2) is 0 Å². The fraction of sp³-hybridized carbons (Fsp3) is 0.333. The number of benzene rings is 1. The van der Waals surface area contributed by atoms with E-state index in [1.165, 1.54) is 17.4 Å². The minimum absolute atomic E-state index is 0.0328. The van der Waals surface area contributed by atoms with Crippen LogP contribution in [0, 0.1) is 5.41 Å². The van der Waals surface area contributed by atoms with Gasteiger partial charge in [0.1, 0.15) is 11.5 Å². The fourth-order valence-corrected chi connectivity index (χ4v) is 2.81. The quantitative estimate of drug-likeness (QED) is 0.914. The van der Waals surface area contributed by atoms with Gasteiger partial charge in [-0.3, -0.25) is 9.59 Å². The first-order valence-electron chi connectivity index (χ1n) is 7.43. The highest BCUT2D eigenvalue weighted by Gasteiger charge is 2.18. The normalized spacial score (nSPS) is 13.2. The summed E-state index contributed by atoms with van der Waals surface area (Å²) in [5, 5.41) is 0. The molecule has 0 aliphatic heterocycles. The molecule has 0 saturated heterocycles. The fourth-order valence-electron chi connectivity index (χ4n) is 1.92. The molecule has 1 aromatic heterocycles. The maximum Gasteiger partial charge on any atom is 0.266 e. The molecule has 0 amide bonds. The number of carbonyl (C=O) groups excluding carboxylic acids is 1. The van der Waals surface area contributed by atoms with Gasteiger partial charge in [-0.1, -0.05) is 20.8 Å². The van der Waals surface area contributed by atoms with E-state index in [4.69, 9.17) is 9.47 Å². The van der Waals surface area contributed by atoms with Gasteiger partial charge in [-0.05, 0) is 23.8 Å². The summed E-state index contributed by atoms with van der Waals surface area (Å²) in [6.45, 7) is 5.52. The van der Waals surface area contributed by atoms with Gasteiger partial charge in [0.05, 0.1) is 23.4 Å². The molecule has 1 aromatic carbocycles. The van der Waals surface area contributed by atoms with Crippen LogP contribution < -0.4 is 24.2 Å². The number of aromatic amines is 1. The molecule has 5 nitrogen and oxygen atoms in total. The Balaban J connectivity index is 2.51. The first kappa shape index (κ1) is 18.0. The SMILES string of the molecule is COc1cc(/C=c2\s/c(=C/C(=O)C(C)(C)C)[nH]c2=O)cc(OC)c1. The second-order valence-corrected chi connectivity index (χ2v) is 7.42. The van der Waals surface area contributed by atoms with Crippen LogP contribution in [0.5, 0.6) is 11.5 Å². The highest BCUT2D eigenvalue weighted by molar-refractivity contribution is 7.07. The van der Waals surface area contributed by atoms with Gasteiger partial charge in [0.15, 0.2) is 5.78 Å². The number of Topliss-reactive ketones (excluding diaryl/α,β-unsaturated/α-hetero) is 1. The van der Waals surface area contributed by atoms with E-state index in [2.05, 4.69) is 4.98 Å². The van der Waals surface area contributed by atoms with E-state index in [1.54, 1.807) is 26.4 Å². The summed E-state index contributed by atoms with van der Waals surface area (Å²) in [6, 6.07) is 5.38. The van der Waals surface area contributed by atoms with Crippen LogP contribution in [0.1, 0.15) is 26.3 Å². The molecule has 0 aliphatic rings. The number of carbonyl (C=O) groups is 1. The molecule has 1 N–H and O–H groups in total. The number of hydrogen-bond donors (Lipinski definition) is 1. The lowest BCUT2D eigenvalue weighted by atomic mass is 9.91. The molecule has 0 aliphatic carbocycles. The smallest absolute Gasteiger partial charge is 0.266 e. The van der Waals surface area contributed by atoms with E-state index in [-0.39, 0.29) is 11.3 Å². The summed E-state index contributed by atoms with van der Waals surface area (Å²) in [4.78, 5) is 26.9. The number of ether oxygens (including phenoxy) is 2. The number of nitrogens with one attached hydrogen (secondary N) is 1. The Morgan fingerprint density at radius 2 is 1.71 bits per heavy atom. The number of hydrogen-bond acceptors (Lipinski definition) is 5. The van der Waals surface area contributed by atoms with Gasteiger partial charge in [-0.15, -0.1) is 11.3 Å². The molecule has 0 atom stereocenters. The first-order chi connectivity index (χ1) is 11.2. The van der Waals surface area contributed by atoms with E-state index in [1.807, 2.05) is 32.9 Å². The van der Waals surface area contributed by atoms with E-state index in [0.717, 1.165) is 5.56 Å². The topological polar surface area (TPSA) is 68.4 Å². The van der Waals surface area contributed by atoms with Crippen molar-refractivity contribution in [3.05, 3.63) is 43.3 Å². The zero-order valence-corrected chi connectivity index (χ0v) is 15.2. The molecule has 2 rings (SSSR count). The van der Waals surface area contributed by atoms with E-state index in [0.29, 0.717) is 20.7 Å². The molecular formula is C18H21NO4S. The summed E-state index contributed by atoms with van der Waals surface area (Å²) in [6.07, 6.45) is 3.23. The zero-order chi connectivity index (χ0) is 17.9. The Hall–Kier alpha value is -2.34. The Kier molecular flexibility index (Phi) is 5.29. The molecule has 2 aromatic rings. The minimum Gasteiger partial charge on any atom is -0.497 e. The van der Waals surface area contributed by atoms with E-state index >= 15 is 0 Å². The van der Waals surface area contributed by atoms with Crippen molar-refractivity contribution in [3.8, 4) is 11.5 Å². The summed E-state index contributed by atoms with van der Waals surface area (Å²) in [5.74, 6) is 1.25. The van der Waals surface area contributed by atoms with Crippen molar-refractivity contribution in [2.24, 2.45) is 5.41 Å². The Labute approximate surface area is 144 Å². The van der Waals surface area contributed by atoms with Crippen molar-refractivity contribution in [1.29, 1.82) is 0 Å². The van der Waals surface area contributed by atoms with Crippen LogP contribution in [-0.2, 0) is 4.79 Å². The molecule has 0 bridgehead atoms. The lowest BCUT2D eigenvalue weighted by Gasteiger charge is -2.12. The van der Waals surface area contributed by atoms with Crippen LogP contribution in [0.2, 0.25) is 0 Å². The molecule has 0 radical (unpaired) electrons. The molecule has 6 heteroatoms. The number of aromatic nitrogens is 1. The number of thiazole rings is 1. The third-order valence-electron chi connectivity index (χ3n) is 3.35. The largest absolute Gasteiger partial charge is 0.497 e. The maximum atomic E-state index is 12.1. The number of rotatable bonds is 4. The number of methoxy groups -OCH3 is 2. The average Bonchev–Trinajstić information content (AvgIpc) is 2.85. The van der Waals surface area contributed by atoms with Crippen LogP contribution in [-0.4, -0.2) is 25.0 Å². The van der Waals surface area contributed by atoms with Crippen molar-refractivity contribution >= 4 is 29.3 Å². The minimum atomic E-state index is -0.481. The highest BCUT2D eigenvalue weighted by atomic mass is 32.1. The molecular weight excluding hydrogens is 326 g/mol. The number of ketones is 1. The average molecular weight is 347 g/mol. The molecule has 0 spiro atoms. The van der Waals surface area contributed by atoms with Crippen LogP contribution in [0.25, 0.3) is 12.2 Å².